The molecule has 2 aromatic carbocycles. The lowest BCUT2D eigenvalue weighted by Gasteiger charge is -1.99. The number of rotatable bonds is 6. The zero-order valence-corrected chi connectivity index (χ0v) is 12.9. The van der Waals surface area contributed by atoms with E-state index in [1.165, 1.54) is 24.4 Å². The Morgan fingerprint density at radius 2 is 1.75 bits per heavy atom. The van der Waals surface area contributed by atoms with Crippen molar-refractivity contribution in [1.82, 2.24) is 5.43 Å². The highest BCUT2D eigenvalue weighted by Crippen LogP contribution is 2.12. The van der Waals surface area contributed by atoms with Crippen molar-refractivity contribution in [2.75, 3.05) is 7.11 Å². The van der Waals surface area contributed by atoms with Gasteiger partial charge in [-0.05, 0) is 41.5 Å². The van der Waals surface area contributed by atoms with Gasteiger partial charge in [0.2, 0.25) is 0 Å². The van der Waals surface area contributed by atoms with Gasteiger partial charge in [-0.25, -0.2) is 5.43 Å². The standard InChI is InChI=1S/C17H15N3O4/c1-24-16-9-4-13(5-10-16)6-11-17(21)19-18-12-14-2-7-15(8-3-14)20(22)23/h2-12H,1H3,(H,19,21)/b11-6+,18-12-. The summed E-state index contributed by atoms with van der Waals surface area (Å²) >= 11 is 0. The summed E-state index contributed by atoms with van der Waals surface area (Å²) < 4.78 is 5.05. The normalized spacial score (nSPS) is 10.9. The molecule has 0 aliphatic carbocycles. The second-order valence-electron chi connectivity index (χ2n) is 4.69. The highest BCUT2D eigenvalue weighted by atomic mass is 16.6. The number of nitrogens with one attached hydrogen (secondary N) is 1. The number of nitro groups is 1. The van der Waals surface area contributed by atoms with Crippen LogP contribution in [0.2, 0.25) is 0 Å². The Hall–Kier alpha value is -3.48. The first-order chi connectivity index (χ1) is 11.6. The molecule has 0 saturated heterocycles. The largest absolute Gasteiger partial charge is 0.497 e. The smallest absolute Gasteiger partial charge is 0.269 e. The zero-order chi connectivity index (χ0) is 17.4. The van der Waals surface area contributed by atoms with Crippen molar-refractivity contribution in [2.24, 2.45) is 5.10 Å². The molecule has 24 heavy (non-hydrogen) atoms. The highest BCUT2D eigenvalue weighted by molar-refractivity contribution is 5.92. The van der Waals surface area contributed by atoms with Crippen molar-refractivity contribution < 1.29 is 14.5 Å². The summed E-state index contributed by atoms with van der Waals surface area (Å²) in [6.45, 7) is 0. The average Bonchev–Trinajstić information content (AvgIpc) is 2.61. The predicted molar refractivity (Wildman–Crippen MR) is 90.9 cm³/mol. The van der Waals surface area contributed by atoms with Crippen molar-refractivity contribution in [3.8, 4) is 5.75 Å². The lowest BCUT2D eigenvalue weighted by Crippen LogP contribution is -2.14. The Morgan fingerprint density at radius 3 is 2.33 bits per heavy atom. The van der Waals surface area contributed by atoms with Crippen LogP contribution in [0, 0.1) is 10.1 Å². The number of carbonyl (C=O) groups is 1. The number of nitrogens with zero attached hydrogens (tertiary/aromatic N) is 2. The van der Waals surface area contributed by atoms with Crippen molar-refractivity contribution in [1.29, 1.82) is 0 Å². The molecule has 0 radical (unpaired) electrons. The number of benzene rings is 2. The Bertz CT molecular complexity index is 765. The number of hydrogen-bond acceptors (Lipinski definition) is 5. The minimum atomic E-state index is -0.480. The SMILES string of the molecule is COc1ccc(/C=C/C(=O)N/N=C\c2ccc([N+](=O)[O-])cc2)cc1. The van der Waals surface area contributed by atoms with Gasteiger partial charge in [0.05, 0.1) is 18.2 Å². The molecular weight excluding hydrogens is 310 g/mol. The molecule has 0 unspecified atom stereocenters. The fourth-order valence-electron chi connectivity index (χ4n) is 1.78. The monoisotopic (exact) mass is 325 g/mol. The van der Waals surface area contributed by atoms with Crippen LogP contribution in [0.4, 0.5) is 5.69 Å². The van der Waals surface area contributed by atoms with Gasteiger partial charge in [0.15, 0.2) is 0 Å². The molecule has 0 spiro atoms. The fraction of sp³-hybridized carbons (Fsp3) is 0.0588. The van der Waals surface area contributed by atoms with Crippen molar-refractivity contribution >= 4 is 23.9 Å². The van der Waals surface area contributed by atoms with E-state index < -0.39 is 4.92 Å². The second-order valence-corrected chi connectivity index (χ2v) is 4.69. The maximum atomic E-state index is 11.6. The molecule has 2 rings (SSSR count). The summed E-state index contributed by atoms with van der Waals surface area (Å²) in [6, 6.07) is 13.1. The van der Waals surface area contributed by atoms with Crippen LogP contribution in [0.3, 0.4) is 0 Å². The van der Waals surface area contributed by atoms with E-state index in [1.807, 2.05) is 12.1 Å². The lowest BCUT2D eigenvalue weighted by atomic mass is 10.2. The molecule has 0 bridgehead atoms. The van der Waals surface area contributed by atoms with Gasteiger partial charge in [0.25, 0.3) is 11.6 Å². The Morgan fingerprint density at radius 1 is 1.12 bits per heavy atom. The first kappa shape index (κ1) is 16.9. The van der Waals surface area contributed by atoms with E-state index in [2.05, 4.69) is 10.5 Å². The Balaban J connectivity index is 1.87. The van der Waals surface area contributed by atoms with Crippen LogP contribution in [0.1, 0.15) is 11.1 Å². The van der Waals surface area contributed by atoms with E-state index in [-0.39, 0.29) is 11.6 Å². The molecule has 0 aliphatic heterocycles. The van der Waals surface area contributed by atoms with E-state index in [4.69, 9.17) is 4.74 Å². The molecule has 0 fully saturated rings. The van der Waals surface area contributed by atoms with Crippen molar-refractivity contribution in [3.63, 3.8) is 0 Å². The molecule has 2 aromatic rings. The second kappa shape index (κ2) is 8.23. The third-order valence-corrected chi connectivity index (χ3v) is 3.04. The van der Waals surface area contributed by atoms with Gasteiger partial charge in [-0.1, -0.05) is 12.1 Å². The molecule has 122 valence electrons. The molecule has 7 heteroatoms. The molecule has 0 atom stereocenters. The minimum Gasteiger partial charge on any atom is -0.497 e. The molecule has 1 amide bonds. The van der Waals surface area contributed by atoms with E-state index in [1.54, 1.807) is 37.5 Å². The highest BCUT2D eigenvalue weighted by Gasteiger charge is 2.02. The number of methoxy groups -OCH3 is 1. The molecule has 0 aliphatic rings. The van der Waals surface area contributed by atoms with E-state index in [0.29, 0.717) is 5.56 Å². The van der Waals surface area contributed by atoms with E-state index in [0.717, 1.165) is 11.3 Å². The number of non-ortho nitro benzene ring substituents is 1. The first-order valence-electron chi connectivity index (χ1n) is 6.98. The summed E-state index contributed by atoms with van der Waals surface area (Å²) in [4.78, 5) is 21.7. The Labute approximate surface area is 138 Å². The predicted octanol–water partition coefficient (Wildman–Crippen LogP) is 2.77. The fourth-order valence-corrected chi connectivity index (χ4v) is 1.78. The summed E-state index contributed by atoms with van der Waals surface area (Å²) in [5.41, 5.74) is 3.84. The number of nitro benzene ring substituents is 1. The molecule has 0 saturated carbocycles. The van der Waals surface area contributed by atoms with Gasteiger partial charge in [0.1, 0.15) is 5.75 Å². The van der Waals surface area contributed by atoms with Crippen LogP contribution >= 0.6 is 0 Å². The van der Waals surface area contributed by atoms with Gasteiger partial charge >= 0.3 is 0 Å². The summed E-state index contributed by atoms with van der Waals surface area (Å²) in [5.74, 6) is 0.355. The number of hydrogen-bond donors (Lipinski definition) is 1. The van der Waals surface area contributed by atoms with Crippen LogP contribution in [0.5, 0.6) is 5.75 Å². The van der Waals surface area contributed by atoms with Gasteiger partial charge in [-0.2, -0.15) is 5.10 Å². The van der Waals surface area contributed by atoms with Crippen molar-refractivity contribution in [3.05, 3.63) is 75.8 Å². The number of ether oxygens (including phenoxy) is 1. The maximum Gasteiger partial charge on any atom is 0.269 e. The maximum absolute atomic E-state index is 11.6. The van der Waals surface area contributed by atoms with Gasteiger partial charge < -0.3 is 4.74 Å². The van der Waals surface area contributed by atoms with E-state index >= 15 is 0 Å². The number of amides is 1. The van der Waals surface area contributed by atoms with Crippen LogP contribution in [-0.4, -0.2) is 24.2 Å². The molecule has 1 N–H and O–H groups in total. The van der Waals surface area contributed by atoms with Gasteiger partial charge in [0, 0.05) is 18.2 Å². The Kier molecular flexibility index (Phi) is 5.79. The number of carbonyl (C=O) groups excluding carboxylic acids is 1. The summed E-state index contributed by atoms with van der Waals surface area (Å²) in [7, 11) is 1.58. The molecule has 0 aromatic heterocycles. The third kappa shape index (κ3) is 5.06. The number of hydrazone groups is 1. The summed E-state index contributed by atoms with van der Waals surface area (Å²) in [6.07, 6.45) is 4.41. The summed E-state index contributed by atoms with van der Waals surface area (Å²) in [5, 5.41) is 14.3. The van der Waals surface area contributed by atoms with Gasteiger partial charge in [-0.15, -0.1) is 0 Å². The van der Waals surface area contributed by atoms with Crippen LogP contribution in [0.15, 0.2) is 59.7 Å². The van der Waals surface area contributed by atoms with Gasteiger partial charge in [-0.3, -0.25) is 14.9 Å². The zero-order valence-electron chi connectivity index (χ0n) is 12.9. The quantitative estimate of drug-likeness (QED) is 0.382. The topological polar surface area (TPSA) is 93.8 Å². The molecule has 7 nitrogen and oxygen atoms in total. The van der Waals surface area contributed by atoms with Crippen LogP contribution in [-0.2, 0) is 4.79 Å². The average molecular weight is 325 g/mol. The van der Waals surface area contributed by atoms with E-state index in [9.17, 15) is 14.9 Å². The molecule has 0 heterocycles. The lowest BCUT2D eigenvalue weighted by molar-refractivity contribution is -0.384. The third-order valence-electron chi connectivity index (χ3n) is 3.04. The van der Waals surface area contributed by atoms with Crippen molar-refractivity contribution in [2.45, 2.75) is 0 Å². The molecular formula is C17H15N3O4. The first-order valence-corrected chi connectivity index (χ1v) is 6.98. The van der Waals surface area contributed by atoms with Crippen LogP contribution in [0.25, 0.3) is 6.08 Å². The minimum absolute atomic E-state index is 0.00129. The van der Waals surface area contributed by atoms with Crippen LogP contribution < -0.4 is 10.2 Å².